The summed E-state index contributed by atoms with van der Waals surface area (Å²) in [6.07, 6.45) is 2.17. The van der Waals surface area contributed by atoms with Gasteiger partial charge in [-0.05, 0) is 60.7 Å². The number of aromatic nitrogens is 1. The number of H-pyrrole nitrogens is 1. The number of benzene rings is 2. The first kappa shape index (κ1) is 22.2. The summed E-state index contributed by atoms with van der Waals surface area (Å²) in [5.74, 6) is 0.372. The molecule has 4 rings (SSSR count). The number of rotatable bonds is 6. The van der Waals surface area contributed by atoms with Crippen LogP contribution in [0.5, 0.6) is 0 Å². The predicted molar refractivity (Wildman–Crippen MR) is 129 cm³/mol. The standard InChI is InChI=1S/C25H29ClN4O2/c1-29(2)21-6-3-18(4-7-21)16-27-24(31)13-17-9-11-30(12-10-17)25(32)23-15-19-14-20(26)5-8-22(19)28-23/h3-8,14-15,17,28H,9-13,16H2,1-2H3,(H,27,31). The first-order valence-electron chi connectivity index (χ1n) is 11.0. The second-order valence-corrected chi connectivity index (χ2v) is 9.13. The molecule has 1 aliphatic heterocycles. The lowest BCUT2D eigenvalue weighted by Crippen LogP contribution is -2.39. The van der Waals surface area contributed by atoms with Crippen LogP contribution in [0, 0.1) is 5.92 Å². The Morgan fingerprint density at radius 2 is 1.81 bits per heavy atom. The monoisotopic (exact) mass is 452 g/mol. The van der Waals surface area contributed by atoms with E-state index in [1.54, 1.807) is 0 Å². The van der Waals surface area contributed by atoms with Gasteiger partial charge in [0.05, 0.1) is 0 Å². The molecule has 0 aliphatic carbocycles. The van der Waals surface area contributed by atoms with E-state index in [-0.39, 0.29) is 11.8 Å². The first-order valence-corrected chi connectivity index (χ1v) is 11.4. The largest absolute Gasteiger partial charge is 0.378 e. The SMILES string of the molecule is CN(C)c1ccc(CNC(=O)CC2CCN(C(=O)c3cc4cc(Cl)ccc4[nH]3)CC2)cc1. The van der Waals surface area contributed by atoms with Gasteiger partial charge >= 0.3 is 0 Å². The Labute approximate surface area is 193 Å². The van der Waals surface area contributed by atoms with Gasteiger partial charge in [-0.1, -0.05) is 23.7 Å². The second-order valence-electron chi connectivity index (χ2n) is 8.69. The Kier molecular flexibility index (Phi) is 6.70. The van der Waals surface area contributed by atoms with Crippen LogP contribution in [0.25, 0.3) is 10.9 Å². The van der Waals surface area contributed by atoms with E-state index in [1.165, 1.54) is 0 Å². The van der Waals surface area contributed by atoms with E-state index in [4.69, 9.17) is 11.6 Å². The van der Waals surface area contributed by atoms with Gasteiger partial charge in [-0.25, -0.2) is 0 Å². The van der Waals surface area contributed by atoms with Gasteiger partial charge in [-0.2, -0.15) is 0 Å². The molecule has 1 fully saturated rings. The summed E-state index contributed by atoms with van der Waals surface area (Å²) < 4.78 is 0. The van der Waals surface area contributed by atoms with E-state index in [2.05, 4.69) is 22.4 Å². The van der Waals surface area contributed by atoms with Crippen molar-refractivity contribution < 1.29 is 9.59 Å². The molecule has 2 N–H and O–H groups in total. The number of fused-ring (bicyclic) bond motifs is 1. The van der Waals surface area contributed by atoms with Crippen LogP contribution in [0.15, 0.2) is 48.5 Å². The highest BCUT2D eigenvalue weighted by molar-refractivity contribution is 6.31. The van der Waals surface area contributed by atoms with E-state index < -0.39 is 0 Å². The van der Waals surface area contributed by atoms with Crippen molar-refractivity contribution in [3.8, 4) is 0 Å². The third-order valence-electron chi connectivity index (χ3n) is 6.13. The van der Waals surface area contributed by atoms with Crippen LogP contribution in [0.1, 0.15) is 35.3 Å². The van der Waals surface area contributed by atoms with Gasteiger partial charge in [0.1, 0.15) is 5.69 Å². The average Bonchev–Trinajstić information content (AvgIpc) is 3.21. The van der Waals surface area contributed by atoms with E-state index >= 15 is 0 Å². The molecule has 3 aromatic rings. The van der Waals surface area contributed by atoms with Gasteiger partial charge in [0, 0.05) is 61.8 Å². The number of carbonyl (C=O) groups excluding carboxylic acids is 2. The highest BCUT2D eigenvalue weighted by Gasteiger charge is 2.26. The summed E-state index contributed by atoms with van der Waals surface area (Å²) in [6.45, 7) is 1.87. The summed E-state index contributed by atoms with van der Waals surface area (Å²) in [4.78, 5) is 32.4. The molecule has 2 amide bonds. The molecule has 2 heterocycles. The van der Waals surface area contributed by atoms with Crippen LogP contribution < -0.4 is 10.2 Å². The van der Waals surface area contributed by atoms with Crippen molar-refractivity contribution in [2.75, 3.05) is 32.1 Å². The molecular formula is C25H29ClN4O2. The Bertz CT molecular complexity index is 1100. The molecule has 0 bridgehead atoms. The number of halogens is 1. The molecule has 1 saturated heterocycles. The summed E-state index contributed by atoms with van der Waals surface area (Å²) >= 11 is 6.04. The minimum Gasteiger partial charge on any atom is -0.378 e. The van der Waals surface area contributed by atoms with Gasteiger partial charge in [-0.3, -0.25) is 9.59 Å². The Morgan fingerprint density at radius 3 is 2.50 bits per heavy atom. The zero-order valence-electron chi connectivity index (χ0n) is 18.5. The van der Waals surface area contributed by atoms with Crippen LogP contribution in [-0.4, -0.2) is 48.9 Å². The zero-order valence-corrected chi connectivity index (χ0v) is 19.3. The number of amides is 2. The van der Waals surface area contributed by atoms with Crippen LogP contribution in [0.2, 0.25) is 5.02 Å². The highest BCUT2D eigenvalue weighted by atomic mass is 35.5. The number of hydrogen-bond donors (Lipinski definition) is 2. The lowest BCUT2D eigenvalue weighted by Gasteiger charge is -2.31. The maximum Gasteiger partial charge on any atom is 0.270 e. The smallest absolute Gasteiger partial charge is 0.270 e. The number of hydrogen-bond acceptors (Lipinski definition) is 3. The van der Waals surface area contributed by atoms with Crippen LogP contribution in [0.4, 0.5) is 5.69 Å². The van der Waals surface area contributed by atoms with Crippen LogP contribution >= 0.6 is 11.6 Å². The van der Waals surface area contributed by atoms with E-state index in [9.17, 15) is 9.59 Å². The fourth-order valence-corrected chi connectivity index (χ4v) is 4.36. The molecular weight excluding hydrogens is 424 g/mol. The van der Waals surface area contributed by atoms with E-state index in [1.807, 2.05) is 60.3 Å². The van der Waals surface area contributed by atoms with Crippen molar-refractivity contribution >= 4 is 40.0 Å². The quantitative estimate of drug-likeness (QED) is 0.580. The molecule has 0 spiro atoms. The molecule has 0 saturated carbocycles. The number of carbonyl (C=O) groups is 2. The Hall–Kier alpha value is -2.99. The van der Waals surface area contributed by atoms with Crippen LogP contribution in [-0.2, 0) is 11.3 Å². The van der Waals surface area contributed by atoms with Crippen molar-refractivity contribution in [1.82, 2.24) is 15.2 Å². The number of likely N-dealkylation sites (tertiary alicyclic amines) is 1. The second kappa shape index (κ2) is 9.65. The lowest BCUT2D eigenvalue weighted by atomic mass is 9.93. The summed E-state index contributed by atoms with van der Waals surface area (Å²) in [5.41, 5.74) is 3.71. The number of nitrogens with one attached hydrogen (secondary N) is 2. The molecule has 1 aliphatic rings. The number of nitrogens with zero attached hydrogens (tertiary/aromatic N) is 2. The number of anilines is 1. The van der Waals surface area contributed by atoms with Gasteiger partial charge in [0.15, 0.2) is 0 Å². The topological polar surface area (TPSA) is 68.4 Å². The van der Waals surface area contributed by atoms with Crippen molar-refractivity contribution in [2.24, 2.45) is 5.92 Å². The molecule has 7 heteroatoms. The van der Waals surface area contributed by atoms with Gasteiger partial charge < -0.3 is 20.1 Å². The normalized spacial score (nSPS) is 14.5. The molecule has 168 valence electrons. The van der Waals surface area contributed by atoms with Gasteiger partial charge in [-0.15, -0.1) is 0 Å². The predicted octanol–water partition coefficient (Wildman–Crippen LogP) is 4.45. The first-order chi connectivity index (χ1) is 15.4. The molecule has 6 nitrogen and oxygen atoms in total. The maximum atomic E-state index is 12.9. The van der Waals surface area contributed by atoms with E-state index in [0.717, 1.165) is 35.0 Å². The Morgan fingerprint density at radius 1 is 1.09 bits per heavy atom. The molecule has 0 unspecified atom stereocenters. The fourth-order valence-electron chi connectivity index (χ4n) is 4.18. The summed E-state index contributed by atoms with van der Waals surface area (Å²) in [5, 5.41) is 4.61. The number of piperidine rings is 1. The van der Waals surface area contributed by atoms with Crippen molar-refractivity contribution in [3.05, 3.63) is 64.8 Å². The summed E-state index contributed by atoms with van der Waals surface area (Å²) in [7, 11) is 4.01. The highest BCUT2D eigenvalue weighted by Crippen LogP contribution is 2.24. The third-order valence-corrected chi connectivity index (χ3v) is 6.37. The maximum absolute atomic E-state index is 12.9. The minimum absolute atomic E-state index is 0.00129. The average molecular weight is 453 g/mol. The van der Waals surface area contributed by atoms with Crippen molar-refractivity contribution in [1.29, 1.82) is 0 Å². The molecule has 0 atom stereocenters. The molecule has 2 aromatic carbocycles. The molecule has 32 heavy (non-hydrogen) atoms. The molecule has 1 aromatic heterocycles. The van der Waals surface area contributed by atoms with Crippen molar-refractivity contribution in [3.63, 3.8) is 0 Å². The van der Waals surface area contributed by atoms with E-state index in [0.29, 0.717) is 42.7 Å². The fraction of sp³-hybridized carbons (Fsp3) is 0.360. The molecule has 0 radical (unpaired) electrons. The minimum atomic E-state index is 0.00129. The van der Waals surface area contributed by atoms with Gasteiger partial charge in [0.25, 0.3) is 5.91 Å². The van der Waals surface area contributed by atoms with Crippen LogP contribution in [0.3, 0.4) is 0 Å². The lowest BCUT2D eigenvalue weighted by molar-refractivity contribution is -0.122. The summed E-state index contributed by atoms with van der Waals surface area (Å²) in [6, 6.07) is 15.6. The van der Waals surface area contributed by atoms with Crippen molar-refractivity contribution in [2.45, 2.75) is 25.8 Å². The van der Waals surface area contributed by atoms with Gasteiger partial charge in [0.2, 0.25) is 5.91 Å². The zero-order chi connectivity index (χ0) is 22.7. The third kappa shape index (κ3) is 5.25. The Balaban J connectivity index is 1.24. The number of aromatic amines is 1.